The van der Waals surface area contributed by atoms with Crippen molar-refractivity contribution in [3.63, 3.8) is 0 Å². The predicted octanol–water partition coefficient (Wildman–Crippen LogP) is 3.65. The highest BCUT2D eigenvalue weighted by atomic mass is 32.1. The van der Waals surface area contributed by atoms with Gasteiger partial charge in [-0.15, -0.1) is 0 Å². The molecular weight excluding hydrogens is 342 g/mol. The second kappa shape index (κ2) is 6.88. The standard InChI is InChI=1S/C20H21N5S/c1-14(2)25-19(18(23-20(25)26)15-8-3-5-11-21-15)16-9-7-13-24(16)17-10-4-6-12-22-17/h3-14,18-19H,1-2H3,(H,23,26)/t18-,19+/m1/s1. The van der Waals surface area contributed by atoms with Gasteiger partial charge in [0.1, 0.15) is 5.82 Å². The molecule has 2 atom stereocenters. The molecule has 132 valence electrons. The van der Waals surface area contributed by atoms with Gasteiger partial charge in [-0.2, -0.15) is 0 Å². The SMILES string of the molecule is CC(C)N1C(=S)N[C@H](c2ccccn2)[C@@H]1c1cccn1-c1ccccn1. The van der Waals surface area contributed by atoms with E-state index in [1.807, 2.05) is 55.0 Å². The Morgan fingerprint density at radius 2 is 1.77 bits per heavy atom. The second-order valence-corrected chi connectivity index (χ2v) is 7.01. The molecule has 0 unspecified atom stereocenters. The summed E-state index contributed by atoms with van der Waals surface area (Å²) in [6, 6.07) is 16.4. The number of nitrogens with one attached hydrogen (secondary N) is 1. The van der Waals surface area contributed by atoms with Gasteiger partial charge in [-0.1, -0.05) is 12.1 Å². The van der Waals surface area contributed by atoms with Crippen molar-refractivity contribution in [1.82, 2.24) is 24.8 Å². The van der Waals surface area contributed by atoms with Crippen LogP contribution in [0.2, 0.25) is 0 Å². The number of hydrogen-bond donors (Lipinski definition) is 1. The lowest BCUT2D eigenvalue weighted by molar-refractivity contribution is 0.262. The van der Waals surface area contributed by atoms with Gasteiger partial charge in [-0.05, 0) is 62.5 Å². The summed E-state index contributed by atoms with van der Waals surface area (Å²) in [4.78, 5) is 11.3. The molecule has 1 aliphatic heterocycles. The molecule has 26 heavy (non-hydrogen) atoms. The molecule has 5 nitrogen and oxygen atoms in total. The third-order valence-electron chi connectivity index (χ3n) is 4.67. The first-order chi connectivity index (χ1) is 12.7. The van der Waals surface area contributed by atoms with Crippen LogP contribution in [0, 0.1) is 0 Å². The molecule has 1 aliphatic rings. The third kappa shape index (κ3) is 2.86. The Bertz CT molecular complexity index is 891. The number of hydrogen-bond acceptors (Lipinski definition) is 3. The molecule has 1 fully saturated rings. The van der Waals surface area contributed by atoms with Crippen LogP contribution < -0.4 is 5.32 Å². The first kappa shape index (κ1) is 16.7. The van der Waals surface area contributed by atoms with Crippen molar-refractivity contribution in [2.45, 2.75) is 32.0 Å². The van der Waals surface area contributed by atoms with E-state index in [1.54, 1.807) is 0 Å². The maximum atomic E-state index is 5.67. The average molecular weight is 363 g/mol. The molecule has 3 aromatic rings. The number of nitrogens with zero attached hydrogens (tertiary/aromatic N) is 4. The summed E-state index contributed by atoms with van der Waals surface area (Å²) in [5.41, 5.74) is 2.12. The van der Waals surface area contributed by atoms with E-state index in [0.29, 0.717) is 0 Å². The van der Waals surface area contributed by atoms with Crippen LogP contribution in [0.15, 0.2) is 67.1 Å². The Kier molecular flexibility index (Phi) is 4.42. The molecule has 0 saturated carbocycles. The van der Waals surface area contributed by atoms with Gasteiger partial charge < -0.3 is 14.8 Å². The Morgan fingerprint density at radius 1 is 1.00 bits per heavy atom. The summed E-state index contributed by atoms with van der Waals surface area (Å²) >= 11 is 5.67. The first-order valence-corrected chi connectivity index (χ1v) is 9.16. The van der Waals surface area contributed by atoms with Gasteiger partial charge in [0.2, 0.25) is 0 Å². The van der Waals surface area contributed by atoms with Gasteiger partial charge in [0.05, 0.1) is 17.8 Å². The maximum absolute atomic E-state index is 5.67. The van der Waals surface area contributed by atoms with Crippen LogP contribution in [0.25, 0.3) is 5.82 Å². The minimum atomic E-state index is -0.0107. The number of pyridine rings is 2. The van der Waals surface area contributed by atoms with Crippen molar-refractivity contribution >= 4 is 17.3 Å². The van der Waals surface area contributed by atoms with Crippen LogP contribution in [-0.4, -0.2) is 30.6 Å². The fourth-order valence-corrected chi connectivity index (χ4v) is 4.03. The number of rotatable bonds is 4. The van der Waals surface area contributed by atoms with Gasteiger partial charge in [0.25, 0.3) is 0 Å². The molecule has 4 heterocycles. The smallest absolute Gasteiger partial charge is 0.170 e. The zero-order valence-electron chi connectivity index (χ0n) is 14.8. The highest BCUT2D eigenvalue weighted by molar-refractivity contribution is 7.80. The predicted molar refractivity (Wildman–Crippen MR) is 106 cm³/mol. The van der Waals surface area contributed by atoms with Gasteiger partial charge in [0, 0.05) is 30.3 Å². The quantitative estimate of drug-likeness (QED) is 0.717. The van der Waals surface area contributed by atoms with E-state index in [9.17, 15) is 0 Å². The molecule has 0 spiro atoms. The van der Waals surface area contributed by atoms with E-state index >= 15 is 0 Å². The lowest BCUT2D eigenvalue weighted by Crippen LogP contribution is -2.36. The molecule has 0 amide bonds. The first-order valence-electron chi connectivity index (χ1n) is 8.75. The van der Waals surface area contributed by atoms with Crippen molar-refractivity contribution in [3.05, 3.63) is 78.5 Å². The second-order valence-electron chi connectivity index (χ2n) is 6.62. The molecule has 0 bridgehead atoms. The van der Waals surface area contributed by atoms with E-state index in [1.165, 1.54) is 0 Å². The highest BCUT2D eigenvalue weighted by Crippen LogP contribution is 2.40. The zero-order valence-corrected chi connectivity index (χ0v) is 15.6. The van der Waals surface area contributed by atoms with E-state index < -0.39 is 0 Å². The van der Waals surface area contributed by atoms with E-state index in [0.717, 1.165) is 22.3 Å². The van der Waals surface area contributed by atoms with Crippen LogP contribution in [0.4, 0.5) is 0 Å². The monoisotopic (exact) mass is 363 g/mol. The van der Waals surface area contributed by atoms with Gasteiger partial charge in [-0.3, -0.25) is 4.98 Å². The highest BCUT2D eigenvalue weighted by Gasteiger charge is 2.42. The normalized spacial score (nSPS) is 19.8. The molecule has 1 N–H and O–H groups in total. The minimum Gasteiger partial charge on any atom is -0.352 e. The van der Waals surface area contributed by atoms with E-state index in [-0.39, 0.29) is 18.1 Å². The van der Waals surface area contributed by atoms with Crippen molar-refractivity contribution in [1.29, 1.82) is 0 Å². The largest absolute Gasteiger partial charge is 0.352 e. The lowest BCUT2D eigenvalue weighted by Gasteiger charge is -2.31. The van der Waals surface area contributed by atoms with Crippen molar-refractivity contribution in [2.24, 2.45) is 0 Å². The van der Waals surface area contributed by atoms with Crippen LogP contribution in [0.5, 0.6) is 0 Å². The molecular formula is C20H21N5S. The average Bonchev–Trinajstić information content (AvgIpc) is 3.27. The molecule has 0 radical (unpaired) electrons. The number of aromatic nitrogens is 3. The van der Waals surface area contributed by atoms with Gasteiger partial charge >= 0.3 is 0 Å². The van der Waals surface area contributed by atoms with Crippen molar-refractivity contribution < 1.29 is 0 Å². The van der Waals surface area contributed by atoms with Crippen molar-refractivity contribution in [2.75, 3.05) is 0 Å². The Hall–Kier alpha value is -2.73. The Balaban J connectivity index is 1.83. The molecule has 4 rings (SSSR count). The summed E-state index contributed by atoms with van der Waals surface area (Å²) in [6.07, 6.45) is 5.69. The molecule has 1 saturated heterocycles. The van der Waals surface area contributed by atoms with Crippen LogP contribution >= 0.6 is 12.2 Å². The van der Waals surface area contributed by atoms with E-state index in [4.69, 9.17) is 12.2 Å². The fraction of sp³-hybridized carbons (Fsp3) is 0.250. The van der Waals surface area contributed by atoms with Gasteiger partial charge in [-0.25, -0.2) is 4.98 Å². The zero-order chi connectivity index (χ0) is 18.1. The fourth-order valence-electron chi connectivity index (χ4n) is 3.58. The molecule has 0 aromatic carbocycles. The maximum Gasteiger partial charge on any atom is 0.170 e. The summed E-state index contributed by atoms with van der Waals surface area (Å²) in [6.45, 7) is 4.33. The summed E-state index contributed by atoms with van der Waals surface area (Å²) in [7, 11) is 0. The summed E-state index contributed by atoms with van der Waals surface area (Å²) in [5.74, 6) is 0.897. The minimum absolute atomic E-state index is 0.0107. The topological polar surface area (TPSA) is 46.0 Å². The number of thiocarbonyl (C=S) groups is 1. The summed E-state index contributed by atoms with van der Waals surface area (Å²) in [5, 5.41) is 4.24. The Labute approximate surface area is 158 Å². The molecule has 6 heteroatoms. The summed E-state index contributed by atoms with van der Waals surface area (Å²) < 4.78 is 2.13. The Morgan fingerprint density at radius 3 is 2.42 bits per heavy atom. The van der Waals surface area contributed by atoms with Crippen LogP contribution in [-0.2, 0) is 0 Å². The van der Waals surface area contributed by atoms with E-state index in [2.05, 4.69) is 50.7 Å². The third-order valence-corrected chi connectivity index (χ3v) is 5.00. The molecule has 3 aromatic heterocycles. The van der Waals surface area contributed by atoms with Crippen molar-refractivity contribution in [3.8, 4) is 5.82 Å². The van der Waals surface area contributed by atoms with Gasteiger partial charge in [0.15, 0.2) is 5.11 Å². The van der Waals surface area contributed by atoms with Crippen LogP contribution in [0.1, 0.15) is 37.3 Å². The lowest BCUT2D eigenvalue weighted by atomic mass is 10.0. The molecule has 0 aliphatic carbocycles. The van der Waals surface area contributed by atoms with Crippen LogP contribution in [0.3, 0.4) is 0 Å².